The molecule has 0 saturated carbocycles. The predicted octanol–water partition coefficient (Wildman–Crippen LogP) is 4.03. The smallest absolute Gasteiger partial charge is 0.293 e. The lowest BCUT2D eigenvalue weighted by Crippen LogP contribution is -2.31. The lowest BCUT2D eigenvalue weighted by molar-refractivity contribution is -0.384. The molecule has 2 aromatic carbocycles. The zero-order valence-corrected chi connectivity index (χ0v) is 15.5. The van der Waals surface area contributed by atoms with Gasteiger partial charge in [0.1, 0.15) is 5.69 Å². The fourth-order valence-electron chi connectivity index (χ4n) is 3.23. The molecule has 0 aromatic heterocycles. The van der Waals surface area contributed by atoms with Gasteiger partial charge in [0.05, 0.1) is 4.92 Å². The van der Waals surface area contributed by atoms with Gasteiger partial charge in [0.15, 0.2) is 0 Å². The molecule has 0 atom stereocenters. The highest BCUT2D eigenvalue weighted by atomic mass is 16.6. The first-order valence-corrected chi connectivity index (χ1v) is 9.04. The molecule has 2 aromatic rings. The van der Waals surface area contributed by atoms with Gasteiger partial charge in [-0.1, -0.05) is 36.4 Å². The summed E-state index contributed by atoms with van der Waals surface area (Å²) < 4.78 is 0. The molecule has 1 N–H and O–H groups in total. The van der Waals surface area contributed by atoms with Crippen molar-refractivity contribution in [2.75, 3.05) is 18.0 Å². The van der Waals surface area contributed by atoms with Crippen LogP contribution in [0.1, 0.15) is 36.2 Å². The number of nitro groups is 1. The van der Waals surface area contributed by atoms with Crippen LogP contribution in [0.2, 0.25) is 0 Å². The maximum Gasteiger partial charge on any atom is 0.293 e. The Kier molecular flexibility index (Phi) is 5.54. The molecule has 3 rings (SSSR count). The molecule has 140 valence electrons. The second kappa shape index (κ2) is 8.03. The number of rotatable bonds is 5. The van der Waals surface area contributed by atoms with E-state index in [2.05, 4.69) is 23.5 Å². The van der Waals surface area contributed by atoms with Crippen molar-refractivity contribution in [1.82, 2.24) is 5.32 Å². The van der Waals surface area contributed by atoms with Crippen LogP contribution in [0.5, 0.6) is 0 Å². The van der Waals surface area contributed by atoms with Gasteiger partial charge in [-0.15, -0.1) is 0 Å². The Morgan fingerprint density at radius 1 is 1.19 bits per heavy atom. The Morgan fingerprint density at radius 2 is 1.93 bits per heavy atom. The van der Waals surface area contributed by atoms with Crippen LogP contribution in [0.4, 0.5) is 11.4 Å². The largest absolute Gasteiger partial charge is 0.362 e. The Bertz CT molecular complexity index is 875. The maximum atomic E-state index is 12.2. The fraction of sp³-hybridized carbons (Fsp3) is 0.286. The van der Waals surface area contributed by atoms with Crippen molar-refractivity contribution in [2.24, 2.45) is 0 Å². The minimum absolute atomic E-state index is 0.0279. The number of hydrogen-bond acceptors (Lipinski definition) is 4. The SMILES string of the molecule is CC(C)NC(=O)c1ccc(N2CC=C(c3ccccc3)CC2)c([N+](=O)[O-])c1. The predicted molar refractivity (Wildman–Crippen MR) is 107 cm³/mol. The molecule has 0 radical (unpaired) electrons. The fourth-order valence-corrected chi connectivity index (χ4v) is 3.23. The highest BCUT2D eigenvalue weighted by Gasteiger charge is 2.23. The van der Waals surface area contributed by atoms with Crippen molar-refractivity contribution in [3.8, 4) is 0 Å². The lowest BCUT2D eigenvalue weighted by atomic mass is 9.99. The quantitative estimate of drug-likeness (QED) is 0.641. The Morgan fingerprint density at radius 3 is 2.52 bits per heavy atom. The van der Waals surface area contributed by atoms with Crippen LogP contribution in [0.15, 0.2) is 54.6 Å². The van der Waals surface area contributed by atoms with E-state index in [1.54, 1.807) is 12.1 Å². The van der Waals surface area contributed by atoms with Gasteiger partial charge in [0, 0.05) is 30.8 Å². The van der Waals surface area contributed by atoms with Gasteiger partial charge in [0.25, 0.3) is 11.6 Å². The summed E-state index contributed by atoms with van der Waals surface area (Å²) in [6.45, 7) is 5.00. The average molecular weight is 365 g/mol. The molecule has 1 aliphatic heterocycles. The summed E-state index contributed by atoms with van der Waals surface area (Å²) in [7, 11) is 0. The van der Waals surface area contributed by atoms with Gasteiger partial charge in [-0.25, -0.2) is 0 Å². The zero-order chi connectivity index (χ0) is 19.4. The van der Waals surface area contributed by atoms with Crippen molar-refractivity contribution in [3.05, 3.63) is 75.8 Å². The van der Waals surface area contributed by atoms with Gasteiger partial charge in [-0.3, -0.25) is 14.9 Å². The normalized spacial score (nSPS) is 14.0. The van der Waals surface area contributed by atoms with E-state index < -0.39 is 4.92 Å². The minimum Gasteiger partial charge on any atom is -0.362 e. The number of nitrogens with zero attached hydrogens (tertiary/aromatic N) is 2. The molecule has 6 heteroatoms. The van der Waals surface area contributed by atoms with E-state index in [1.807, 2.05) is 36.9 Å². The molecule has 0 fully saturated rings. The van der Waals surface area contributed by atoms with Crippen molar-refractivity contribution in [2.45, 2.75) is 26.3 Å². The van der Waals surface area contributed by atoms with Gasteiger partial charge in [-0.2, -0.15) is 0 Å². The van der Waals surface area contributed by atoms with Crippen LogP contribution < -0.4 is 10.2 Å². The second-order valence-electron chi connectivity index (χ2n) is 6.88. The lowest BCUT2D eigenvalue weighted by Gasteiger charge is -2.28. The van der Waals surface area contributed by atoms with E-state index in [0.717, 1.165) is 6.42 Å². The van der Waals surface area contributed by atoms with Gasteiger partial charge in [0.2, 0.25) is 0 Å². The van der Waals surface area contributed by atoms with Crippen LogP contribution in [-0.2, 0) is 0 Å². The third-order valence-corrected chi connectivity index (χ3v) is 4.55. The minimum atomic E-state index is -0.419. The van der Waals surface area contributed by atoms with Crippen molar-refractivity contribution in [1.29, 1.82) is 0 Å². The number of anilines is 1. The van der Waals surface area contributed by atoms with Crippen molar-refractivity contribution in [3.63, 3.8) is 0 Å². The number of nitrogens with one attached hydrogen (secondary N) is 1. The van der Waals surface area contributed by atoms with Crippen LogP contribution in [-0.4, -0.2) is 30.0 Å². The van der Waals surface area contributed by atoms with Crippen LogP contribution in [0, 0.1) is 10.1 Å². The van der Waals surface area contributed by atoms with E-state index in [0.29, 0.717) is 24.3 Å². The van der Waals surface area contributed by atoms with Crippen molar-refractivity contribution >= 4 is 22.9 Å². The molecule has 0 unspecified atom stereocenters. The third kappa shape index (κ3) is 4.34. The molecule has 1 aliphatic rings. The van der Waals surface area contributed by atoms with Crippen LogP contribution >= 0.6 is 0 Å². The van der Waals surface area contributed by atoms with Gasteiger partial charge in [-0.05, 0) is 43.5 Å². The summed E-state index contributed by atoms with van der Waals surface area (Å²) in [5, 5.41) is 14.3. The number of hydrogen-bond donors (Lipinski definition) is 1. The molecule has 6 nitrogen and oxygen atoms in total. The summed E-state index contributed by atoms with van der Waals surface area (Å²) in [5.74, 6) is -0.301. The molecule has 0 aliphatic carbocycles. The summed E-state index contributed by atoms with van der Waals surface area (Å²) in [6, 6.07) is 14.8. The van der Waals surface area contributed by atoms with E-state index in [-0.39, 0.29) is 17.6 Å². The van der Waals surface area contributed by atoms with E-state index in [9.17, 15) is 14.9 Å². The average Bonchev–Trinajstić information content (AvgIpc) is 2.68. The molecule has 27 heavy (non-hydrogen) atoms. The Hall–Kier alpha value is -3.15. The first kappa shape index (κ1) is 18.6. The highest BCUT2D eigenvalue weighted by Crippen LogP contribution is 2.32. The third-order valence-electron chi connectivity index (χ3n) is 4.55. The zero-order valence-electron chi connectivity index (χ0n) is 15.5. The number of carbonyl (C=O) groups is 1. The standard InChI is InChI=1S/C21H23N3O3/c1-15(2)22-21(25)18-8-9-19(20(14-18)24(26)27)23-12-10-17(11-13-23)16-6-4-3-5-7-16/h3-10,14-15H,11-13H2,1-2H3,(H,22,25). The number of nitro benzene ring substituents is 1. The number of carbonyl (C=O) groups excluding carboxylic acids is 1. The molecular formula is C21H23N3O3. The van der Waals surface area contributed by atoms with Crippen molar-refractivity contribution < 1.29 is 9.72 Å². The molecule has 0 saturated heterocycles. The first-order chi connectivity index (χ1) is 13.0. The maximum absolute atomic E-state index is 12.2. The van der Waals surface area contributed by atoms with Gasteiger partial charge >= 0.3 is 0 Å². The van der Waals surface area contributed by atoms with Crippen LogP contribution in [0.3, 0.4) is 0 Å². The number of amides is 1. The van der Waals surface area contributed by atoms with E-state index in [4.69, 9.17) is 0 Å². The molecule has 0 spiro atoms. The van der Waals surface area contributed by atoms with E-state index in [1.165, 1.54) is 17.2 Å². The Labute approximate surface area is 158 Å². The summed E-state index contributed by atoms with van der Waals surface area (Å²) in [6.07, 6.45) is 2.93. The molecule has 0 bridgehead atoms. The monoisotopic (exact) mass is 365 g/mol. The topological polar surface area (TPSA) is 75.5 Å². The molecule has 1 heterocycles. The van der Waals surface area contributed by atoms with Crippen LogP contribution in [0.25, 0.3) is 5.57 Å². The molecule has 1 amide bonds. The highest BCUT2D eigenvalue weighted by molar-refractivity contribution is 5.96. The number of benzene rings is 2. The van der Waals surface area contributed by atoms with E-state index >= 15 is 0 Å². The van der Waals surface area contributed by atoms with Gasteiger partial charge < -0.3 is 10.2 Å². The molecular weight excluding hydrogens is 342 g/mol. The summed E-state index contributed by atoms with van der Waals surface area (Å²) >= 11 is 0. The second-order valence-corrected chi connectivity index (χ2v) is 6.88. The first-order valence-electron chi connectivity index (χ1n) is 9.04. The Balaban J connectivity index is 1.83. The summed E-state index contributed by atoms with van der Waals surface area (Å²) in [4.78, 5) is 25.3. The summed E-state index contributed by atoms with van der Waals surface area (Å²) in [5.41, 5.74) is 3.25.